The summed E-state index contributed by atoms with van der Waals surface area (Å²) in [5, 5.41) is 2.46. The van der Waals surface area contributed by atoms with Crippen molar-refractivity contribution in [3.8, 4) is 11.5 Å². The van der Waals surface area contributed by atoms with Gasteiger partial charge in [-0.25, -0.2) is 0 Å². The fourth-order valence-corrected chi connectivity index (χ4v) is 3.97. The average molecular weight is 475 g/mol. The monoisotopic (exact) mass is 474 g/mol. The zero-order valence-electron chi connectivity index (χ0n) is 17.7. The Labute approximate surface area is 195 Å². The number of hydrogen-bond acceptors (Lipinski definition) is 6. The average Bonchev–Trinajstić information content (AvgIpc) is 3.02. The van der Waals surface area contributed by atoms with E-state index in [2.05, 4.69) is 12.2 Å². The second-order valence-corrected chi connectivity index (χ2v) is 8.34. The highest BCUT2D eigenvalue weighted by atomic mass is 35.5. The lowest BCUT2D eigenvalue weighted by Gasteiger charge is -2.13. The fourth-order valence-electron chi connectivity index (χ4n) is 2.87. The third kappa shape index (κ3) is 6.05. The van der Waals surface area contributed by atoms with Gasteiger partial charge < -0.3 is 14.8 Å². The Hall–Kier alpha value is -2.97. The molecule has 0 aromatic heterocycles. The molecule has 2 aromatic carbocycles. The standard InChI is InChI=1S/C23H23ClN2O5S/c1-3-4-11-31-17-8-5-15(6-9-17)12-20-22(28)26(23(29)32-20)14-21(27)25-16-7-10-19(30-2)18(24)13-16/h5-10,12-13H,3-4,11,14H2,1-2H3,(H,25,27). The van der Waals surface area contributed by atoms with Crippen LogP contribution in [-0.4, -0.2) is 42.2 Å². The number of imide groups is 1. The van der Waals surface area contributed by atoms with Gasteiger partial charge in [0, 0.05) is 5.69 Å². The number of ether oxygens (including phenoxy) is 2. The summed E-state index contributed by atoms with van der Waals surface area (Å²) in [6, 6.07) is 12.0. The molecule has 1 aliphatic rings. The molecule has 0 unspecified atom stereocenters. The smallest absolute Gasteiger partial charge is 0.294 e. The molecule has 1 N–H and O–H groups in total. The van der Waals surface area contributed by atoms with Crippen LogP contribution in [0.1, 0.15) is 25.3 Å². The first kappa shape index (κ1) is 23.7. The summed E-state index contributed by atoms with van der Waals surface area (Å²) in [5.74, 6) is 0.204. The summed E-state index contributed by atoms with van der Waals surface area (Å²) in [5.41, 5.74) is 1.19. The topological polar surface area (TPSA) is 84.9 Å². The number of unbranched alkanes of at least 4 members (excludes halogenated alkanes) is 1. The minimum Gasteiger partial charge on any atom is -0.495 e. The van der Waals surface area contributed by atoms with Crippen molar-refractivity contribution in [2.45, 2.75) is 19.8 Å². The van der Waals surface area contributed by atoms with Gasteiger partial charge in [0.1, 0.15) is 18.0 Å². The van der Waals surface area contributed by atoms with Crippen LogP contribution in [0.2, 0.25) is 5.02 Å². The van der Waals surface area contributed by atoms with Crippen LogP contribution >= 0.6 is 23.4 Å². The predicted molar refractivity (Wildman–Crippen MR) is 126 cm³/mol. The van der Waals surface area contributed by atoms with E-state index >= 15 is 0 Å². The minimum atomic E-state index is -0.511. The SMILES string of the molecule is CCCCOc1ccc(C=C2SC(=O)N(CC(=O)Nc3ccc(OC)c(Cl)c3)C2=O)cc1. The molecular weight excluding hydrogens is 452 g/mol. The number of carbonyl (C=O) groups is 3. The Morgan fingerprint density at radius 1 is 1.19 bits per heavy atom. The van der Waals surface area contributed by atoms with Gasteiger partial charge in [-0.15, -0.1) is 0 Å². The number of hydrogen-bond donors (Lipinski definition) is 1. The number of nitrogens with zero attached hydrogens (tertiary/aromatic N) is 1. The summed E-state index contributed by atoms with van der Waals surface area (Å²) in [4.78, 5) is 38.5. The Balaban J connectivity index is 1.61. The first-order chi connectivity index (χ1) is 15.4. The predicted octanol–water partition coefficient (Wildman–Crippen LogP) is 5.20. The number of rotatable bonds is 9. The van der Waals surface area contributed by atoms with Gasteiger partial charge in [-0.3, -0.25) is 19.3 Å². The summed E-state index contributed by atoms with van der Waals surface area (Å²) >= 11 is 6.86. The van der Waals surface area contributed by atoms with Crippen LogP contribution in [0.15, 0.2) is 47.4 Å². The Kier molecular flexibility index (Phi) is 8.19. The van der Waals surface area contributed by atoms with E-state index in [1.54, 1.807) is 18.2 Å². The molecule has 0 radical (unpaired) electrons. The Morgan fingerprint density at radius 2 is 1.94 bits per heavy atom. The van der Waals surface area contributed by atoms with E-state index in [9.17, 15) is 14.4 Å². The Bertz CT molecular complexity index is 1040. The van der Waals surface area contributed by atoms with Crippen LogP contribution in [0.25, 0.3) is 6.08 Å². The molecule has 1 aliphatic heterocycles. The largest absolute Gasteiger partial charge is 0.495 e. The normalized spacial score (nSPS) is 14.7. The highest BCUT2D eigenvalue weighted by molar-refractivity contribution is 8.18. The molecule has 1 heterocycles. The van der Waals surface area contributed by atoms with E-state index in [0.717, 1.165) is 40.8 Å². The van der Waals surface area contributed by atoms with Crippen molar-refractivity contribution in [3.05, 3.63) is 58.0 Å². The van der Waals surface area contributed by atoms with Gasteiger partial charge in [0.15, 0.2) is 0 Å². The molecule has 0 spiro atoms. The number of carbonyl (C=O) groups excluding carboxylic acids is 3. The molecule has 3 amide bonds. The molecule has 0 atom stereocenters. The fraction of sp³-hybridized carbons (Fsp3) is 0.261. The van der Waals surface area contributed by atoms with Gasteiger partial charge in [0.05, 0.1) is 23.6 Å². The molecule has 0 saturated carbocycles. The van der Waals surface area contributed by atoms with Gasteiger partial charge >= 0.3 is 0 Å². The third-order valence-electron chi connectivity index (χ3n) is 4.56. The van der Waals surface area contributed by atoms with Gasteiger partial charge in [-0.05, 0) is 60.2 Å². The molecule has 32 heavy (non-hydrogen) atoms. The van der Waals surface area contributed by atoms with Crippen molar-refractivity contribution in [2.24, 2.45) is 0 Å². The zero-order valence-corrected chi connectivity index (χ0v) is 19.3. The van der Waals surface area contributed by atoms with Crippen LogP contribution in [0.3, 0.4) is 0 Å². The van der Waals surface area contributed by atoms with E-state index in [1.807, 2.05) is 24.3 Å². The zero-order chi connectivity index (χ0) is 23.1. The van der Waals surface area contributed by atoms with Crippen molar-refractivity contribution in [1.29, 1.82) is 0 Å². The quantitative estimate of drug-likeness (QED) is 0.397. The maximum atomic E-state index is 12.7. The van der Waals surface area contributed by atoms with Gasteiger partial charge in [-0.2, -0.15) is 0 Å². The number of halogens is 1. The number of benzene rings is 2. The van der Waals surface area contributed by atoms with Crippen molar-refractivity contribution in [2.75, 3.05) is 25.6 Å². The van der Waals surface area contributed by atoms with Crippen LogP contribution in [0.4, 0.5) is 10.5 Å². The molecular formula is C23H23ClN2O5S. The first-order valence-corrected chi connectivity index (χ1v) is 11.2. The van der Waals surface area contributed by atoms with Crippen molar-refractivity contribution < 1.29 is 23.9 Å². The molecule has 1 saturated heterocycles. The number of anilines is 1. The number of methoxy groups -OCH3 is 1. The van der Waals surface area contributed by atoms with Crippen LogP contribution in [-0.2, 0) is 9.59 Å². The molecule has 2 aromatic rings. The lowest BCUT2D eigenvalue weighted by molar-refractivity contribution is -0.127. The maximum Gasteiger partial charge on any atom is 0.294 e. The van der Waals surface area contributed by atoms with Crippen LogP contribution in [0, 0.1) is 0 Å². The van der Waals surface area contributed by atoms with E-state index in [4.69, 9.17) is 21.1 Å². The van der Waals surface area contributed by atoms with E-state index < -0.39 is 23.6 Å². The van der Waals surface area contributed by atoms with E-state index in [1.165, 1.54) is 13.2 Å². The molecule has 0 aliphatic carbocycles. The van der Waals surface area contributed by atoms with Gasteiger partial charge in [0.25, 0.3) is 11.1 Å². The van der Waals surface area contributed by atoms with Crippen LogP contribution in [0.5, 0.6) is 11.5 Å². The maximum absolute atomic E-state index is 12.7. The van der Waals surface area contributed by atoms with Crippen molar-refractivity contribution >= 4 is 52.2 Å². The molecule has 0 bridgehead atoms. The molecule has 1 fully saturated rings. The van der Waals surface area contributed by atoms with Gasteiger partial charge in [-0.1, -0.05) is 37.1 Å². The number of amides is 3. The molecule has 7 nitrogen and oxygen atoms in total. The van der Waals surface area contributed by atoms with Gasteiger partial charge in [0.2, 0.25) is 5.91 Å². The Morgan fingerprint density at radius 3 is 2.59 bits per heavy atom. The molecule has 9 heteroatoms. The third-order valence-corrected chi connectivity index (χ3v) is 5.76. The lowest BCUT2D eigenvalue weighted by atomic mass is 10.2. The van der Waals surface area contributed by atoms with E-state index in [-0.39, 0.29) is 4.91 Å². The van der Waals surface area contributed by atoms with E-state index in [0.29, 0.717) is 23.1 Å². The van der Waals surface area contributed by atoms with Crippen LogP contribution < -0.4 is 14.8 Å². The minimum absolute atomic E-state index is 0.259. The highest BCUT2D eigenvalue weighted by Crippen LogP contribution is 2.32. The number of nitrogens with one attached hydrogen (secondary N) is 1. The summed E-state index contributed by atoms with van der Waals surface area (Å²) in [6.07, 6.45) is 3.66. The lowest BCUT2D eigenvalue weighted by Crippen LogP contribution is -2.36. The summed E-state index contributed by atoms with van der Waals surface area (Å²) < 4.78 is 10.7. The second-order valence-electron chi connectivity index (χ2n) is 6.94. The summed E-state index contributed by atoms with van der Waals surface area (Å²) in [7, 11) is 1.49. The first-order valence-electron chi connectivity index (χ1n) is 10.0. The highest BCUT2D eigenvalue weighted by Gasteiger charge is 2.36. The van der Waals surface area contributed by atoms with Crippen molar-refractivity contribution in [1.82, 2.24) is 4.90 Å². The molecule has 168 valence electrons. The molecule has 3 rings (SSSR count). The summed E-state index contributed by atoms with van der Waals surface area (Å²) in [6.45, 7) is 2.35. The number of thioether (sulfide) groups is 1. The van der Waals surface area contributed by atoms with Crippen molar-refractivity contribution in [3.63, 3.8) is 0 Å². The second kappa shape index (κ2) is 11.1.